The first kappa shape index (κ1) is 15.5. The smallest absolute Gasteiger partial charge is 0.280 e. The Morgan fingerprint density at radius 1 is 1.15 bits per heavy atom. The Bertz CT molecular complexity index is 615. The van der Waals surface area contributed by atoms with E-state index in [0.29, 0.717) is 0 Å². The summed E-state index contributed by atoms with van der Waals surface area (Å²) in [5.74, 6) is -1.25. The first-order valence-electron chi connectivity index (χ1n) is 5.71. The lowest BCUT2D eigenvalue weighted by molar-refractivity contribution is -0.385. The van der Waals surface area contributed by atoms with E-state index in [1.54, 1.807) is 18.2 Å². The summed E-state index contributed by atoms with van der Waals surface area (Å²) in [7, 11) is 1.50. The third kappa shape index (κ3) is 3.46. The molecule has 0 atom stereocenters. The fourth-order valence-electron chi connectivity index (χ4n) is 1.59. The number of rotatable bonds is 3. The molecule has 0 amide bonds. The molecule has 0 aliphatic rings. The number of nitro groups is 1. The van der Waals surface area contributed by atoms with Gasteiger partial charge in [0.05, 0.1) is 4.92 Å². The van der Waals surface area contributed by atoms with E-state index in [9.17, 15) is 19.3 Å². The van der Waals surface area contributed by atoms with Crippen LogP contribution in [0.2, 0.25) is 0 Å². The Kier molecular flexibility index (Phi) is 5.49. The normalized spacial score (nSPS) is 9.35. The first-order valence-corrected chi connectivity index (χ1v) is 5.71. The minimum absolute atomic E-state index is 0.244. The Hall–Kier alpha value is -2.60. The van der Waals surface area contributed by atoms with Gasteiger partial charge in [-0.05, 0) is 19.2 Å². The number of nitrogens with two attached hydrogens (primary N) is 1. The van der Waals surface area contributed by atoms with Gasteiger partial charge in [0.2, 0.25) is 0 Å². The standard InChI is InChI=1S/C13H8FNO3.CH5N/c14-10-6-7-12(15(17)18)11(8-10)13(16)9-4-2-1-3-5-9;1-2/h1-8H;2H2,1H3. The predicted molar refractivity (Wildman–Crippen MR) is 73.0 cm³/mol. The molecule has 0 aliphatic heterocycles. The molecule has 0 spiro atoms. The molecule has 0 saturated heterocycles. The molecule has 2 aromatic carbocycles. The van der Waals surface area contributed by atoms with Crippen LogP contribution in [0.5, 0.6) is 0 Å². The van der Waals surface area contributed by atoms with Gasteiger partial charge in [0.1, 0.15) is 11.4 Å². The number of carbonyl (C=O) groups excluding carboxylic acids is 1. The second-order valence-corrected chi connectivity index (χ2v) is 3.61. The second kappa shape index (κ2) is 7.10. The highest BCUT2D eigenvalue weighted by molar-refractivity contribution is 6.11. The largest absolute Gasteiger partial charge is 0.333 e. The molecular weight excluding hydrogens is 263 g/mol. The van der Waals surface area contributed by atoms with Gasteiger partial charge in [0.15, 0.2) is 5.78 Å². The highest BCUT2D eigenvalue weighted by Crippen LogP contribution is 2.22. The summed E-state index contributed by atoms with van der Waals surface area (Å²) in [5.41, 5.74) is 4.14. The van der Waals surface area contributed by atoms with E-state index in [0.717, 1.165) is 18.2 Å². The maximum absolute atomic E-state index is 13.1. The van der Waals surface area contributed by atoms with E-state index in [-0.39, 0.29) is 11.1 Å². The Labute approximate surface area is 115 Å². The van der Waals surface area contributed by atoms with E-state index in [2.05, 4.69) is 5.73 Å². The lowest BCUT2D eigenvalue weighted by atomic mass is 10.0. The van der Waals surface area contributed by atoms with Crippen LogP contribution in [0.1, 0.15) is 15.9 Å². The molecule has 2 aromatic rings. The Morgan fingerprint density at radius 3 is 2.30 bits per heavy atom. The molecule has 0 radical (unpaired) electrons. The lowest BCUT2D eigenvalue weighted by Crippen LogP contribution is -2.05. The zero-order chi connectivity index (χ0) is 15.1. The molecule has 104 valence electrons. The van der Waals surface area contributed by atoms with Gasteiger partial charge in [-0.3, -0.25) is 14.9 Å². The van der Waals surface area contributed by atoms with Crippen molar-refractivity contribution in [1.29, 1.82) is 0 Å². The van der Waals surface area contributed by atoms with Crippen molar-refractivity contribution in [2.75, 3.05) is 7.05 Å². The van der Waals surface area contributed by atoms with E-state index < -0.39 is 22.2 Å². The number of ketones is 1. The van der Waals surface area contributed by atoms with Crippen molar-refractivity contribution in [2.45, 2.75) is 0 Å². The van der Waals surface area contributed by atoms with Crippen LogP contribution in [-0.2, 0) is 0 Å². The van der Waals surface area contributed by atoms with E-state index >= 15 is 0 Å². The third-order valence-electron chi connectivity index (χ3n) is 2.44. The summed E-state index contributed by atoms with van der Waals surface area (Å²) >= 11 is 0. The predicted octanol–water partition coefficient (Wildman–Crippen LogP) is 2.54. The number of carbonyl (C=O) groups is 1. The number of nitro benzene ring substituents is 1. The van der Waals surface area contributed by atoms with Gasteiger partial charge in [0, 0.05) is 11.6 Å². The molecule has 5 nitrogen and oxygen atoms in total. The van der Waals surface area contributed by atoms with Crippen molar-refractivity contribution >= 4 is 11.5 Å². The third-order valence-corrected chi connectivity index (χ3v) is 2.44. The Morgan fingerprint density at radius 2 is 1.75 bits per heavy atom. The van der Waals surface area contributed by atoms with Crippen LogP contribution < -0.4 is 5.73 Å². The van der Waals surface area contributed by atoms with E-state index in [4.69, 9.17) is 0 Å². The average Bonchev–Trinajstić information content (AvgIpc) is 2.49. The quantitative estimate of drug-likeness (QED) is 0.530. The zero-order valence-electron chi connectivity index (χ0n) is 10.7. The van der Waals surface area contributed by atoms with Crippen LogP contribution in [0, 0.1) is 15.9 Å². The highest BCUT2D eigenvalue weighted by atomic mass is 19.1. The molecule has 0 saturated carbocycles. The van der Waals surface area contributed by atoms with Crippen molar-refractivity contribution in [3.8, 4) is 0 Å². The number of benzene rings is 2. The summed E-state index contributed by atoms with van der Waals surface area (Å²) in [4.78, 5) is 22.2. The maximum atomic E-state index is 13.1. The summed E-state index contributed by atoms with van der Waals surface area (Å²) in [6, 6.07) is 10.9. The van der Waals surface area contributed by atoms with Crippen LogP contribution in [0.4, 0.5) is 10.1 Å². The van der Waals surface area contributed by atoms with Crippen LogP contribution >= 0.6 is 0 Å². The molecule has 0 unspecified atom stereocenters. The summed E-state index contributed by atoms with van der Waals surface area (Å²) in [5, 5.41) is 10.8. The molecule has 2 N–H and O–H groups in total. The summed E-state index contributed by atoms with van der Waals surface area (Å²) in [6.07, 6.45) is 0. The highest BCUT2D eigenvalue weighted by Gasteiger charge is 2.21. The molecule has 0 fully saturated rings. The zero-order valence-corrected chi connectivity index (χ0v) is 10.7. The van der Waals surface area contributed by atoms with Crippen LogP contribution in [0.25, 0.3) is 0 Å². The minimum Gasteiger partial charge on any atom is -0.333 e. The van der Waals surface area contributed by atoms with Crippen molar-refractivity contribution < 1.29 is 14.1 Å². The van der Waals surface area contributed by atoms with E-state index in [1.807, 2.05) is 0 Å². The first-order chi connectivity index (χ1) is 9.59. The monoisotopic (exact) mass is 276 g/mol. The van der Waals surface area contributed by atoms with Crippen LogP contribution in [-0.4, -0.2) is 17.8 Å². The van der Waals surface area contributed by atoms with Gasteiger partial charge >= 0.3 is 0 Å². The Balaban J connectivity index is 0.000000956. The lowest BCUT2D eigenvalue weighted by Gasteiger charge is -2.02. The van der Waals surface area contributed by atoms with Gasteiger partial charge in [-0.25, -0.2) is 4.39 Å². The van der Waals surface area contributed by atoms with Gasteiger partial charge in [-0.2, -0.15) is 0 Å². The SMILES string of the molecule is CN.O=C(c1ccccc1)c1cc(F)ccc1[N+](=O)[O-]. The second-order valence-electron chi connectivity index (χ2n) is 3.61. The molecule has 6 heteroatoms. The summed E-state index contributed by atoms with van der Waals surface area (Å²) in [6.45, 7) is 0. The molecule has 0 aliphatic carbocycles. The van der Waals surface area contributed by atoms with Crippen molar-refractivity contribution in [2.24, 2.45) is 5.73 Å². The van der Waals surface area contributed by atoms with Gasteiger partial charge in [0.25, 0.3) is 5.69 Å². The number of halogens is 1. The number of nitrogens with zero attached hydrogens (tertiary/aromatic N) is 1. The van der Waals surface area contributed by atoms with Crippen molar-refractivity contribution in [1.82, 2.24) is 0 Å². The average molecular weight is 276 g/mol. The molecular formula is C14H13FN2O3. The molecule has 20 heavy (non-hydrogen) atoms. The molecule has 2 rings (SSSR count). The van der Waals surface area contributed by atoms with Gasteiger partial charge in [-0.1, -0.05) is 30.3 Å². The minimum atomic E-state index is -0.699. The fourth-order valence-corrected chi connectivity index (χ4v) is 1.59. The summed E-state index contributed by atoms with van der Waals surface area (Å²) < 4.78 is 13.1. The molecule has 0 aromatic heterocycles. The number of hydrogen-bond acceptors (Lipinski definition) is 4. The van der Waals surface area contributed by atoms with Crippen molar-refractivity contribution in [3.05, 3.63) is 75.6 Å². The van der Waals surface area contributed by atoms with Crippen LogP contribution in [0.15, 0.2) is 48.5 Å². The topological polar surface area (TPSA) is 86.2 Å². The van der Waals surface area contributed by atoms with Gasteiger partial charge in [-0.15, -0.1) is 0 Å². The van der Waals surface area contributed by atoms with Crippen molar-refractivity contribution in [3.63, 3.8) is 0 Å². The molecule has 0 bridgehead atoms. The maximum Gasteiger partial charge on any atom is 0.280 e. The van der Waals surface area contributed by atoms with Crippen LogP contribution in [0.3, 0.4) is 0 Å². The fraction of sp³-hybridized carbons (Fsp3) is 0.0714. The molecule has 0 heterocycles. The number of hydrogen-bond donors (Lipinski definition) is 1. The van der Waals surface area contributed by atoms with E-state index in [1.165, 1.54) is 19.2 Å². The van der Waals surface area contributed by atoms with Gasteiger partial charge < -0.3 is 5.73 Å².